The van der Waals surface area contributed by atoms with Gasteiger partial charge in [-0.3, -0.25) is 4.79 Å². The Morgan fingerprint density at radius 2 is 1.90 bits per heavy atom. The van der Waals surface area contributed by atoms with Crippen molar-refractivity contribution in [2.24, 2.45) is 11.8 Å². The Labute approximate surface area is 120 Å². The van der Waals surface area contributed by atoms with Crippen LogP contribution in [0.5, 0.6) is 0 Å². The maximum absolute atomic E-state index is 12.5. The maximum atomic E-state index is 12.5. The second-order valence-corrected chi connectivity index (χ2v) is 6.05. The van der Waals surface area contributed by atoms with Crippen molar-refractivity contribution >= 4 is 12.0 Å². The molecule has 0 aromatic rings. The summed E-state index contributed by atoms with van der Waals surface area (Å²) in [6, 6.07) is 0.0257. The number of carboxylic acid groups (broad SMARTS) is 1. The molecule has 2 atom stereocenters. The molecule has 2 unspecified atom stereocenters. The number of carboxylic acids is 1. The number of likely N-dealkylation sites (tertiary alicyclic amines) is 1. The molecule has 114 valence electrons. The van der Waals surface area contributed by atoms with Gasteiger partial charge in [0, 0.05) is 26.2 Å². The molecule has 0 aromatic carbocycles. The van der Waals surface area contributed by atoms with Crippen molar-refractivity contribution < 1.29 is 14.7 Å². The second kappa shape index (κ2) is 6.95. The number of piperidine rings is 1. The molecule has 2 aliphatic rings. The number of amides is 2. The maximum Gasteiger partial charge on any atom is 0.320 e. The topological polar surface area (TPSA) is 60.9 Å². The number of hydrogen-bond donors (Lipinski definition) is 1. The molecule has 5 heteroatoms. The quantitative estimate of drug-likeness (QED) is 0.861. The van der Waals surface area contributed by atoms with E-state index in [1.165, 1.54) is 25.7 Å². The lowest BCUT2D eigenvalue weighted by molar-refractivity contribution is -0.137. The Kier molecular flexibility index (Phi) is 5.26. The first-order chi connectivity index (χ1) is 9.61. The minimum atomic E-state index is -0.845. The second-order valence-electron chi connectivity index (χ2n) is 6.05. The van der Waals surface area contributed by atoms with Gasteiger partial charge >= 0.3 is 12.0 Å². The van der Waals surface area contributed by atoms with Gasteiger partial charge in [0.05, 0.1) is 6.42 Å². The standard InChI is InChI=1S/C15H26N2O3/c1-2-16(10-8-14(18)19)15(20)17-9-7-12-5-3-4-6-13(12)11-17/h12-13H,2-11H2,1H3,(H,18,19). The molecule has 1 aliphatic heterocycles. The fraction of sp³-hybridized carbons (Fsp3) is 0.867. The Bertz CT molecular complexity index is 359. The lowest BCUT2D eigenvalue weighted by atomic mass is 9.75. The zero-order valence-corrected chi connectivity index (χ0v) is 12.4. The molecular weight excluding hydrogens is 256 g/mol. The van der Waals surface area contributed by atoms with Crippen LogP contribution in [-0.2, 0) is 4.79 Å². The predicted molar refractivity (Wildman–Crippen MR) is 76.5 cm³/mol. The fourth-order valence-corrected chi connectivity index (χ4v) is 3.59. The highest BCUT2D eigenvalue weighted by Crippen LogP contribution is 2.36. The molecule has 1 N–H and O–H groups in total. The van der Waals surface area contributed by atoms with E-state index in [9.17, 15) is 9.59 Å². The summed E-state index contributed by atoms with van der Waals surface area (Å²) >= 11 is 0. The molecule has 5 nitrogen and oxygen atoms in total. The summed E-state index contributed by atoms with van der Waals surface area (Å²) in [7, 11) is 0. The third-order valence-corrected chi connectivity index (χ3v) is 4.81. The van der Waals surface area contributed by atoms with Crippen LogP contribution in [0.4, 0.5) is 4.79 Å². The summed E-state index contributed by atoms with van der Waals surface area (Å²) in [6.07, 6.45) is 6.35. The summed E-state index contributed by atoms with van der Waals surface area (Å²) in [5.41, 5.74) is 0. The fourth-order valence-electron chi connectivity index (χ4n) is 3.59. The molecule has 2 amide bonds. The van der Waals surface area contributed by atoms with Crippen LogP contribution < -0.4 is 0 Å². The van der Waals surface area contributed by atoms with Crippen LogP contribution in [0.25, 0.3) is 0 Å². The zero-order chi connectivity index (χ0) is 14.5. The van der Waals surface area contributed by atoms with Gasteiger partial charge in [0.15, 0.2) is 0 Å². The predicted octanol–water partition coefficient (Wildman–Crippen LogP) is 2.42. The van der Waals surface area contributed by atoms with E-state index in [1.54, 1.807) is 4.90 Å². The van der Waals surface area contributed by atoms with E-state index < -0.39 is 5.97 Å². The van der Waals surface area contributed by atoms with Crippen LogP contribution in [0.2, 0.25) is 0 Å². The van der Waals surface area contributed by atoms with Crippen molar-refractivity contribution in [3.8, 4) is 0 Å². The molecule has 1 saturated heterocycles. The highest BCUT2D eigenvalue weighted by Gasteiger charge is 2.34. The van der Waals surface area contributed by atoms with Crippen molar-refractivity contribution in [1.29, 1.82) is 0 Å². The minimum Gasteiger partial charge on any atom is -0.481 e. The van der Waals surface area contributed by atoms with Gasteiger partial charge in [0.1, 0.15) is 0 Å². The third kappa shape index (κ3) is 3.64. The van der Waals surface area contributed by atoms with Crippen LogP contribution in [-0.4, -0.2) is 53.1 Å². The van der Waals surface area contributed by atoms with Crippen LogP contribution in [0.1, 0.15) is 45.4 Å². The molecule has 1 saturated carbocycles. The van der Waals surface area contributed by atoms with E-state index in [4.69, 9.17) is 5.11 Å². The van der Waals surface area contributed by atoms with Crippen molar-refractivity contribution in [3.63, 3.8) is 0 Å². The zero-order valence-electron chi connectivity index (χ0n) is 12.4. The lowest BCUT2D eigenvalue weighted by Gasteiger charge is -2.42. The van der Waals surface area contributed by atoms with Crippen LogP contribution in [0, 0.1) is 11.8 Å². The lowest BCUT2D eigenvalue weighted by Crippen LogP contribution is -2.50. The summed E-state index contributed by atoms with van der Waals surface area (Å²) < 4.78 is 0. The molecule has 1 aliphatic carbocycles. The normalized spacial score (nSPS) is 25.9. The van der Waals surface area contributed by atoms with Crippen LogP contribution in [0.15, 0.2) is 0 Å². The highest BCUT2D eigenvalue weighted by molar-refractivity contribution is 5.75. The molecule has 1 heterocycles. The number of rotatable bonds is 4. The van der Waals surface area contributed by atoms with E-state index in [-0.39, 0.29) is 12.5 Å². The van der Waals surface area contributed by atoms with E-state index in [1.807, 2.05) is 11.8 Å². The molecule has 0 radical (unpaired) electrons. The summed E-state index contributed by atoms with van der Waals surface area (Å²) in [5.74, 6) is 0.628. The highest BCUT2D eigenvalue weighted by atomic mass is 16.4. The van der Waals surface area contributed by atoms with Gasteiger partial charge in [-0.2, -0.15) is 0 Å². The molecule has 0 bridgehead atoms. The monoisotopic (exact) mass is 282 g/mol. The Balaban J connectivity index is 1.89. The van der Waals surface area contributed by atoms with Crippen LogP contribution >= 0.6 is 0 Å². The first-order valence-corrected chi connectivity index (χ1v) is 7.87. The molecule has 2 rings (SSSR count). The van der Waals surface area contributed by atoms with Gasteiger partial charge in [0.2, 0.25) is 0 Å². The molecule has 0 aromatic heterocycles. The van der Waals surface area contributed by atoms with Crippen molar-refractivity contribution in [1.82, 2.24) is 9.80 Å². The van der Waals surface area contributed by atoms with Crippen molar-refractivity contribution in [2.45, 2.75) is 45.4 Å². The summed E-state index contributed by atoms with van der Waals surface area (Å²) in [4.78, 5) is 26.7. The summed E-state index contributed by atoms with van der Waals surface area (Å²) in [6.45, 7) is 4.51. The van der Waals surface area contributed by atoms with E-state index in [0.717, 1.165) is 25.4 Å². The van der Waals surface area contributed by atoms with E-state index in [2.05, 4.69) is 0 Å². The minimum absolute atomic E-state index is 0.0257. The Hall–Kier alpha value is -1.26. The van der Waals surface area contributed by atoms with Gasteiger partial charge in [-0.25, -0.2) is 4.79 Å². The van der Waals surface area contributed by atoms with Gasteiger partial charge in [-0.05, 0) is 31.6 Å². The number of nitrogens with zero attached hydrogens (tertiary/aromatic N) is 2. The number of fused-ring (bicyclic) bond motifs is 1. The average Bonchev–Trinajstić information content (AvgIpc) is 2.47. The first-order valence-electron chi connectivity index (χ1n) is 7.87. The third-order valence-electron chi connectivity index (χ3n) is 4.81. The van der Waals surface area contributed by atoms with Crippen molar-refractivity contribution in [2.75, 3.05) is 26.2 Å². The average molecular weight is 282 g/mol. The van der Waals surface area contributed by atoms with E-state index in [0.29, 0.717) is 19.0 Å². The van der Waals surface area contributed by atoms with Gasteiger partial charge in [-0.15, -0.1) is 0 Å². The van der Waals surface area contributed by atoms with E-state index >= 15 is 0 Å². The number of carbonyl (C=O) groups is 2. The Morgan fingerprint density at radius 1 is 1.20 bits per heavy atom. The Morgan fingerprint density at radius 3 is 2.55 bits per heavy atom. The number of carbonyl (C=O) groups excluding carboxylic acids is 1. The molecule has 2 fully saturated rings. The number of hydrogen-bond acceptors (Lipinski definition) is 2. The first kappa shape index (κ1) is 15.1. The SMILES string of the molecule is CCN(CCC(=O)O)C(=O)N1CCC2CCCCC2C1. The molecule has 0 spiro atoms. The van der Waals surface area contributed by atoms with Gasteiger partial charge in [-0.1, -0.05) is 19.3 Å². The smallest absolute Gasteiger partial charge is 0.320 e. The molecular formula is C15H26N2O3. The van der Waals surface area contributed by atoms with Gasteiger partial charge < -0.3 is 14.9 Å². The molecule has 20 heavy (non-hydrogen) atoms. The van der Waals surface area contributed by atoms with Crippen LogP contribution in [0.3, 0.4) is 0 Å². The number of urea groups is 1. The van der Waals surface area contributed by atoms with Crippen molar-refractivity contribution in [3.05, 3.63) is 0 Å². The largest absolute Gasteiger partial charge is 0.481 e. The van der Waals surface area contributed by atoms with Gasteiger partial charge in [0.25, 0.3) is 0 Å². The summed E-state index contributed by atoms with van der Waals surface area (Å²) in [5, 5.41) is 8.75. The number of aliphatic carboxylic acids is 1.